The Labute approximate surface area is 110 Å². The average Bonchev–Trinajstić information content (AvgIpc) is 2.85. The van der Waals surface area contributed by atoms with Crippen LogP contribution < -0.4 is 10.1 Å². The molecule has 0 aliphatic heterocycles. The molecule has 0 unspecified atom stereocenters. The molecular weight excluding hydrogens is 246 g/mol. The molecule has 0 aliphatic rings. The molecule has 1 amide bonds. The van der Waals surface area contributed by atoms with E-state index >= 15 is 0 Å². The molecule has 5 heteroatoms. The van der Waals surface area contributed by atoms with E-state index in [1.54, 1.807) is 36.4 Å². The van der Waals surface area contributed by atoms with Crippen LogP contribution in [0.5, 0.6) is 5.75 Å². The van der Waals surface area contributed by atoms with Gasteiger partial charge >= 0.3 is 0 Å². The van der Waals surface area contributed by atoms with Crippen LogP contribution in [0.4, 0.5) is 5.69 Å². The zero-order valence-corrected chi connectivity index (χ0v) is 10.4. The first-order chi connectivity index (χ1) is 9.19. The summed E-state index contributed by atoms with van der Waals surface area (Å²) in [6, 6.07) is 10.3. The van der Waals surface area contributed by atoms with Crippen molar-refractivity contribution in [1.29, 1.82) is 0 Å². The number of rotatable bonds is 5. The van der Waals surface area contributed by atoms with Gasteiger partial charge in [0, 0.05) is 6.92 Å². The summed E-state index contributed by atoms with van der Waals surface area (Å²) in [5, 5.41) is 2.68. The van der Waals surface area contributed by atoms with E-state index in [2.05, 4.69) is 5.32 Å². The average molecular weight is 259 g/mol. The largest absolute Gasteiger partial charge is 0.483 e. The van der Waals surface area contributed by atoms with Crippen LogP contribution in [0.25, 0.3) is 0 Å². The number of nitrogens with one attached hydrogen (secondary N) is 1. The Bertz CT molecular complexity index is 589. The highest BCUT2D eigenvalue weighted by atomic mass is 16.5. The van der Waals surface area contributed by atoms with E-state index in [9.17, 15) is 9.59 Å². The molecule has 19 heavy (non-hydrogen) atoms. The maximum atomic E-state index is 11.1. The molecule has 0 bridgehead atoms. The standard InChI is InChI=1S/C14H13NO4/c1-10(17)15-13-4-2-3-5-14(13)18-9-12-7-6-11(8-16)19-12/h2-8H,9H2,1H3,(H,15,17). The van der Waals surface area contributed by atoms with Gasteiger partial charge < -0.3 is 14.5 Å². The topological polar surface area (TPSA) is 68.5 Å². The molecule has 2 rings (SSSR count). The molecule has 0 aliphatic carbocycles. The fourth-order valence-electron chi connectivity index (χ4n) is 1.57. The van der Waals surface area contributed by atoms with Crippen LogP contribution in [-0.4, -0.2) is 12.2 Å². The van der Waals surface area contributed by atoms with E-state index < -0.39 is 0 Å². The predicted molar refractivity (Wildman–Crippen MR) is 69.2 cm³/mol. The maximum Gasteiger partial charge on any atom is 0.221 e. The normalized spacial score (nSPS) is 9.95. The lowest BCUT2D eigenvalue weighted by molar-refractivity contribution is -0.114. The first-order valence-electron chi connectivity index (χ1n) is 5.72. The number of ether oxygens (including phenoxy) is 1. The summed E-state index contributed by atoms with van der Waals surface area (Å²) >= 11 is 0. The lowest BCUT2D eigenvalue weighted by Gasteiger charge is -2.10. The van der Waals surface area contributed by atoms with E-state index in [0.29, 0.717) is 23.5 Å². The van der Waals surface area contributed by atoms with E-state index in [4.69, 9.17) is 9.15 Å². The minimum Gasteiger partial charge on any atom is -0.483 e. The van der Waals surface area contributed by atoms with E-state index in [0.717, 1.165) is 0 Å². The highest BCUT2D eigenvalue weighted by Gasteiger charge is 2.06. The Morgan fingerprint density at radius 2 is 2.11 bits per heavy atom. The summed E-state index contributed by atoms with van der Waals surface area (Å²) in [6.07, 6.45) is 0.634. The summed E-state index contributed by atoms with van der Waals surface area (Å²) < 4.78 is 10.8. The SMILES string of the molecule is CC(=O)Nc1ccccc1OCc1ccc(C=O)o1. The van der Waals surface area contributed by atoms with Crippen LogP contribution in [0.2, 0.25) is 0 Å². The second kappa shape index (κ2) is 5.86. The highest BCUT2D eigenvalue weighted by Crippen LogP contribution is 2.24. The van der Waals surface area contributed by atoms with Crippen molar-refractivity contribution in [2.75, 3.05) is 5.32 Å². The third-order valence-corrected chi connectivity index (χ3v) is 2.37. The van der Waals surface area contributed by atoms with Crippen molar-refractivity contribution >= 4 is 17.9 Å². The molecule has 0 radical (unpaired) electrons. The summed E-state index contributed by atoms with van der Waals surface area (Å²) in [7, 11) is 0. The monoisotopic (exact) mass is 259 g/mol. The van der Waals surface area contributed by atoms with Gasteiger partial charge in [0.05, 0.1) is 5.69 Å². The molecule has 1 aromatic heterocycles. The Morgan fingerprint density at radius 3 is 2.79 bits per heavy atom. The van der Waals surface area contributed by atoms with Gasteiger partial charge in [-0.2, -0.15) is 0 Å². The minimum atomic E-state index is -0.169. The number of amides is 1. The zero-order valence-electron chi connectivity index (χ0n) is 10.4. The molecule has 0 saturated carbocycles. The van der Waals surface area contributed by atoms with Crippen LogP contribution in [0.15, 0.2) is 40.8 Å². The van der Waals surface area contributed by atoms with E-state index in [1.807, 2.05) is 0 Å². The summed E-state index contributed by atoms with van der Waals surface area (Å²) in [4.78, 5) is 21.5. The van der Waals surface area contributed by atoms with Gasteiger partial charge in [0.15, 0.2) is 12.0 Å². The van der Waals surface area contributed by atoms with Crippen LogP contribution >= 0.6 is 0 Å². The Hall–Kier alpha value is -2.56. The third-order valence-electron chi connectivity index (χ3n) is 2.37. The predicted octanol–water partition coefficient (Wildman–Crippen LogP) is 2.63. The van der Waals surface area contributed by atoms with Gasteiger partial charge in [-0.05, 0) is 24.3 Å². The van der Waals surface area contributed by atoms with Crippen LogP contribution in [-0.2, 0) is 11.4 Å². The Morgan fingerprint density at radius 1 is 1.32 bits per heavy atom. The first kappa shape index (κ1) is 12.9. The number of para-hydroxylation sites is 2. The number of hydrogen-bond donors (Lipinski definition) is 1. The van der Waals surface area contributed by atoms with Gasteiger partial charge in [0.1, 0.15) is 18.1 Å². The zero-order chi connectivity index (χ0) is 13.7. The third kappa shape index (κ3) is 3.45. The minimum absolute atomic E-state index is 0.169. The lowest BCUT2D eigenvalue weighted by Crippen LogP contribution is -2.07. The van der Waals surface area contributed by atoms with Crippen LogP contribution in [0.1, 0.15) is 23.2 Å². The van der Waals surface area contributed by atoms with Gasteiger partial charge in [-0.15, -0.1) is 0 Å². The number of anilines is 1. The molecule has 1 heterocycles. The molecule has 0 spiro atoms. The highest BCUT2D eigenvalue weighted by molar-refractivity contribution is 5.90. The summed E-state index contributed by atoms with van der Waals surface area (Å²) in [5.41, 5.74) is 0.595. The number of benzene rings is 1. The number of hydrogen-bond acceptors (Lipinski definition) is 4. The van der Waals surface area contributed by atoms with Crippen molar-refractivity contribution in [3.8, 4) is 5.75 Å². The molecular formula is C14H13NO4. The Balaban J connectivity index is 2.06. The second-order valence-electron chi connectivity index (χ2n) is 3.89. The smallest absolute Gasteiger partial charge is 0.221 e. The van der Waals surface area contributed by atoms with Crippen molar-refractivity contribution in [1.82, 2.24) is 0 Å². The van der Waals surface area contributed by atoms with Crippen molar-refractivity contribution in [3.63, 3.8) is 0 Å². The lowest BCUT2D eigenvalue weighted by atomic mass is 10.3. The fourth-order valence-corrected chi connectivity index (χ4v) is 1.57. The van der Waals surface area contributed by atoms with Crippen LogP contribution in [0, 0.1) is 0 Å². The van der Waals surface area contributed by atoms with Crippen molar-refractivity contribution in [3.05, 3.63) is 47.9 Å². The molecule has 2 aromatic rings. The van der Waals surface area contributed by atoms with Gasteiger partial charge in [0.25, 0.3) is 0 Å². The fraction of sp³-hybridized carbons (Fsp3) is 0.143. The number of carbonyl (C=O) groups excluding carboxylic acids is 2. The van der Waals surface area contributed by atoms with Gasteiger partial charge in [-0.25, -0.2) is 0 Å². The van der Waals surface area contributed by atoms with Gasteiger partial charge in [-0.3, -0.25) is 9.59 Å². The maximum absolute atomic E-state index is 11.1. The molecule has 5 nitrogen and oxygen atoms in total. The van der Waals surface area contributed by atoms with Gasteiger partial charge in [0.2, 0.25) is 5.91 Å². The van der Waals surface area contributed by atoms with Gasteiger partial charge in [-0.1, -0.05) is 12.1 Å². The van der Waals surface area contributed by atoms with Crippen molar-refractivity contribution in [2.45, 2.75) is 13.5 Å². The molecule has 0 atom stereocenters. The number of aldehydes is 1. The summed E-state index contributed by atoms with van der Waals surface area (Å²) in [6.45, 7) is 1.62. The van der Waals surface area contributed by atoms with Crippen molar-refractivity contribution < 1.29 is 18.7 Å². The summed E-state index contributed by atoms with van der Waals surface area (Å²) in [5.74, 6) is 1.17. The molecule has 98 valence electrons. The Kier molecular flexibility index (Phi) is 3.97. The first-order valence-corrected chi connectivity index (χ1v) is 5.72. The van der Waals surface area contributed by atoms with E-state index in [-0.39, 0.29) is 18.3 Å². The van der Waals surface area contributed by atoms with Crippen molar-refractivity contribution in [2.24, 2.45) is 0 Å². The van der Waals surface area contributed by atoms with Crippen LogP contribution in [0.3, 0.4) is 0 Å². The molecule has 0 fully saturated rings. The van der Waals surface area contributed by atoms with E-state index in [1.165, 1.54) is 6.92 Å². The quantitative estimate of drug-likeness (QED) is 0.838. The second-order valence-corrected chi connectivity index (χ2v) is 3.89. The molecule has 1 N–H and O–H groups in total. The molecule has 1 aromatic carbocycles. The molecule has 0 saturated heterocycles. The number of furan rings is 1. The number of carbonyl (C=O) groups is 2.